The Balaban J connectivity index is 3.66. The molecular weight excluding hydrogens is 384 g/mol. The molecule has 3 unspecified atom stereocenters. The van der Waals surface area contributed by atoms with Gasteiger partial charge < -0.3 is 5.73 Å². The molecule has 0 aromatic rings. The Kier molecular flexibility index (Phi) is 3.30. The molecule has 10 heteroatoms. The van der Waals surface area contributed by atoms with E-state index < -0.39 is 33.0 Å². The zero-order chi connectivity index (χ0) is 14.8. The van der Waals surface area contributed by atoms with Crippen LogP contribution in [0, 0.1) is 0 Å². The summed E-state index contributed by atoms with van der Waals surface area (Å²) < 4.78 is 90.1. The zero-order valence-electron chi connectivity index (χ0n) is 8.54. The van der Waals surface area contributed by atoms with Gasteiger partial charge in [-0.3, -0.25) is 5.73 Å². The maximum atomic E-state index is 13.9. The van der Waals surface area contributed by atoms with Gasteiger partial charge in [0.25, 0.3) is 0 Å². The monoisotopic (exact) mass is 392 g/mol. The molecule has 2 nitrogen and oxygen atoms in total. The van der Waals surface area contributed by atoms with E-state index in [4.69, 9.17) is 5.73 Å². The maximum absolute atomic E-state index is 13.9. The van der Waals surface area contributed by atoms with Crippen LogP contribution < -0.4 is 11.5 Å². The number of alkyl halides is 8. The average Bonchev–Trinajstić information content (AvgIpc) is 2.24. The highest BCUT2D eigenvalue weighted by atomic mass is 127. The second-order valence-electron chi connectivity index (χ2n) is 3.93. The quantitative estimate of drug-likeness (QED) is 0.237. The fraction of sp³-hybridized carbons (Fsp3) is 0.750. The first-order chi connectivity index (χ1) is 7.72. The molecule has 1 fully saturated rings. The second kappa shape index (κ2) is 3.72. The molecule has 4 N–H and O–H groups in total. The topological polar surface area (TPSA) is 52.0 Å². The van der Waals surface area contributed by atoms with Gasteiger partial charge in [-0.15, -0.1) is 6.58 Å². The molecule has 3 atom stereocenters. The summed E-state index contributed by atoms with van der Waals surface area (Å²) in [7, 11) is 0. The van der Waals surface area contributed by atoms with E-state index in [1.165, 1.54) is 0 Å². The van der Waals surface area contributed by atoms with Crippen LogP contribution in [0.4, 0.5) is 30.7 Å². The fourth-order valence-electron chi connectivity index (χ4n) is 1.65. The minimum Gasteiger partial charge on any atom is -0.319 e. The Bertz CT molecular complexity index is 384. The molecule has 0 bridgehead atoms. The summed E-state index contributed by atoms with van der Waals surface area (Å²) in [6, 6.07) is -3.31. The standard InChI is InChI=1S/C8H8F7IN2/c1-2-4(16)6(11,18)3(17)5(9,10)8(14,15)7(4,12)13/h2-3H,1,17-18H2. The molecule has 0 aromatic carbocycles. The van der Waals surface area contributed by atoms with Gasteiger partial charge in [0, 0.05) is 0 Å². The van der Waals surface area contributed by atoms with Crippen LogP contribution in [0.2, 0.25) is 0 Å². The molecule has 0 saturated heterocycles. The van der Waals surface area contributed by atoms with Crippen LogP contribution in [0.25, 0.3) is 0 Å². The SMILES string of the molecule is C=CC1(I)C(N)(F)C(N)C(F)(F)C(F)(F)C1(F)F. The lowest BCUT2D eigenvalue weighted by atomic mass is 9.72. The van der Waals surface area contributed by atoms with Crippen molar-refractivity contribution < 1.29 is 30.7 Å². The molecule has 18 heavy (non-hydrogen) atoms. The van der Waals surface area contributed by atoms with E-state index in [-0.39, 0.29) is 6.08 Å². The van der Waals surface area contributed by atoms with E-state index in [1.54, 1.807) is 0 Å². The van der Waals surface area contributed by atoms with Crippen molar-refractivity contribution in [3.63, 3.8) is 0 Å². The van der Waals surface area contributed by atoms with Crippen molar-refractivity contribution in [2.75, 3.05) is 0 Å². The van der Waals surface area contributed by atoms with Crippen LogP contribution in [0.15, 0.2) is 12.7 Å². The maximum Gasteiger partial charge on any atom is 0.375 e. The molecular formula is C8H8F7IN2. The van der Waals surface area contributed by atoms with Crippen LogP contribution in [-0.4, -0.2) is 33.0 Å². The van der Waals surface area contributed by atoms with Crippen LogP contribution in [0.3, 0.4) is 0 Å². The van der Waals surface area contributed by atoms with Crippen LogP contribution in [0.1, 0.15) is 0 Å². The first kappa shape index (κ1) is 16.0. The third kappa shape index (κ3) is 1.36. The Morgan fingerprint density at radius 3 is 1.72 bits per heavy atom. The van der Waals surface area contributed by atoms with Crippen LogP contribution in [0.5, 0.6) is 0 Å². The van der Waals surface area contributed by atoms with Gasteiger partial charge in [-0.25, -0.2) is 4.39 Å². The zero-order valence-corrected chi connectivity index (χ0v) is 10.7. The number of nitrogens with two attached hydrogens (primary N) is 2. The summed E-state index contributed by atoms with van der Waals surface area (Å²) in [5.74, 6) is -20.8. The normalized spacial score (nSPS) is 45.6. The summed E-state index contributed by atoms with van der Waals surface area (Å²) in [6.45, 7) is 2.75. The summed E-state index contributed by atoms with van der Waals surface area (Å²) in [6.07, 6.45) is 0.0660. The largest absolute Gasteiger partial charge is 0.375 e. The van der Waals surface area contributed by atoms with Gasteiger partial charge in [-0.1, -0.05) is 28.7 Å². The van der Waals surface area contributed by atoms with Gasteiger partial charge in [-0.05, 0) is 0 Å². The third-order valence-corrected chi connectivity index (χ3v) is 4.90. The van der Waals surface area contributed by atoms with Gasteiger partial charge in [0.2, 0.25) is 5.79 Å². The third-order valence-electron chi connectivity index (χ3n) is 2.95. The van der Waals surface area contributed by atoms with Gasteiger partial charge in [-0.2, -0.15) is 26.3 Å². The molecule has 0 heterocycles. The van der Waals surface area contributed by atoms with E-state index in [2.05, 4.69) is 12.3 Å². The molecule has 1 aliphatic rings. The van der Waals surface area contributed by atoms with Crippen molar-refractivity contribution >= 4 is 22.6 Å². The molecule has 1 aliphatic carbocycles. The molecule has 0 radical (unpaired) electrons. The summed E-state index contributed by atoms with van der Waals surface area (Å²) in [5.41, 5.74) is 9.34. The first-order valence-corrected chi connectivity index (χ1v) is 5.49. The van der Waals surface area contributed by atoms with Gasteiger partial charge in [0.15, 0.2) is 3.42 Å². The second-order valence-corrected chi connectivity index (χ2v) is 5.63. The predicted molar refractivity (Wildman–Crippen MR) is 57.8 cm³/mol. The Morgan fingerprint density at radius 2 is 1.39 bits per heavy atom. The Morgan fingerprint density at radius 1 is 1.00 bits per heavy atom. The highest BCUT2D eigenvalue weighted by molar-refractivity contribution is 14.1. The number of hydrogen-bond donors (Lipinski definition) is 2. The van der Waals surface area contributed by atoms with Crippen molar-refractivity contribution in [2.24, 2.45) is 11.5 Å². The lowest BCUT2D eigenvalue weighted by Crippen LogP contribution is -2.85. The molecule has 0 amide bonds. The number of halogens is 8. The van der Waals surface area contributed by atoms with Gasteiger partial charge in [0.05, 0.1) is 0 Å². The molecule has 1 saturated carbocycles. The first-order valence-electron chi connectivity index (χ1n) is 4.41. The van der Waals surface area contributed by atoms with E-state index >= 15 is 0 Å². The van der Waals surface area contributed by atoms with E-state index in [0.717, 1.165) is 0 Å². The van der Waals surface area contributed by atoms with Crippen LogP contribution >= 0.6 is 22.6 Å². The molecule has 1 rings (SSSR count). The number of rotatable bonds is 1. The average molecular weight is 392 g/mol. The lowest BCUT2D eigenvalue weighted by molar-refractivity contribution is -0.359. The molecule has 106 valence electrons. The van der Waals surface area contributed by atoms with E-state index in [0.29, 0.717) is 22.6 Å². The van der Waals surface area contributed by atoms with Crippen molar-refractivity contribution in [1.29, 1.82) is 0 Å². The van der Waals surface area contributed by atoms with E-state index in [9.17, 15) is 30.7 Å². The molecule has 0 aliphatic heterocycles. The lowest BCUT2D eigenvalue weighted by Gasteiger charge is -2.54. The van der Waals surface area contributed by atoms with Gasteiger partial charge in [0.1, 0.15) is 6.04 Å². The molecule has 0 aromatic heterocycles. The summed E-state index contributed by atoms with van der Waals surface area (Å²) in [4.78, 5) is 0. The fourth-order valence-corrected chi connectivity index (χ4v) is 2.32. The predicted octanol–water partition coefficient (Wildman–Crippen LogP) is 2.22. The highest BCUT2D eigenvalue weighted by Crippen LogP contribution is 2.63. The summed E-state index contributed by atoms with van der Waals surface area (Å²) in [5, 5.41) is 0. The smallest absolute Gasteiger partial charge is 0.319 e. The Labute approximate surface area is 111 Å². The van der Waals surface area contributed by atoms with E-state index in [1.807, 2.05) is 0 Å². The number of hydrogen-bond acceptors (Lipinski definition) is 2. The van der Waals surface area contributed by atoms with Gasteiger partial charge >= 0.3 is 17.8 Å². The summed E-state index contributed by atoms with van der Waals surface area (Å²) >= 11 is 0.535. The molecule has 0 spiro atoms. The minimum absolute atomic E-state index is 0.0660. The van der Waals surface area contributed by atoms with Crippen molar-refractivity contribution in [3.05, 3.63) is 12.7 Å². The van der Waals surface area contributed by atoms with Crippen molar-refractivity contribution in [2.45, 2.75) is 33.0 Å². The van der Waals surface area contributed by atoms with Crippen molar-refractivity contribution in [3.8, 4) is 0 Å². The Hall–Kier alpha value is -0.100. The van der Waals surface area contributed by atoms with Crippen molar-refractivity contribution in [1.82, 2.24) is 0 Å². The van der Waals surface area contributed by atoms with Crippen LogP contribution in [-0.2, 0) is 0 Å². The highest BCUT2D eigenvalue weighted by Gasteiger charge is 2.89. The minimum atomic E-state index is -5.86.